The van der Waals surface area contributed by atoms with Gasteiger partial charge in [0.2, 0.25) is 0 Å². The molecule has 0 aliphatic rings. The second-order valence-electron chi connectivity index (χ2n) is 5.26. The fourth-order valence-electron chi connectivity index (χ4n) is 2.16. The number of carboxylic acids is 1. The number of hydrogen-bond donors (Lipinski definition) is 1. The smallest absolute Gasteiger partial charge is 0.744 e. The number of nitrogens with one attached hydrogen (secondary N) is 1. The van der Waals surface area contributed by atoms with Crippen molar-refractivity contribution in [3.05, 3.63) is 52.5 Å². The van der Waals surface area contributed by atoms with E-state index in [0.29, 0.717) is 17.3 Å². The number of nitrogens with zero attached hydrogens (tertiary/aromatic N) is 2. The van der Waals surface area contributed by atoms with Gasteiger partial charge in [0.25, 0.3) is 5.69 Å². The van der Waals surface area contributed by atoms with Crippen molar-refractivity contribution in [1.82, 2.24) is 0 Å². The molecule has 0 spiro atoms. The number of rotatable bonds is 6. The molecule has 0 saturated carbocycles. The Balaban J connectivity index is 0.00000364. The summed E-state index contributed by atoms with van der Waals surface area (Å²) >= 11 is 5.98. The minimum Gasteiger partial charge on any atom is -0.744 e. The topological polar surface area (TPSA) is 125 Å². The van der Waals surface area contributed by atoms with Crippen LogP contribution in [0.1, 0.15) is 22.8 Å². The first-order valence-electron chi connectivity index (χ1n) is 7.45. The Morgan fingerprint density at radius 2 is 1.86 bits per heavy atom. The summed E-state index contributed by atoms with van der Waals surface area (Å²) in [7, 11) is -4.81. The van der Waals surface area contributed by atoms with Gasteiger partial charge >= 0.3 is 103 Å². The van der Waals surface area contributed by atoms with E-state index in [1.165, 1.54) is 10.9 Å². The first-order valence-corrected chi connectivity index (χ1v) is 9.23. The normalized spacial score (nSPS) is 11.2. The molecule has 2 aromatic carbocycles. The Bertz CT molecular complexity index is 1000. The van der Waals surface area contributed by atoms with Crippen molar-refractivity contribution in [3.8, 4) is 0 Å². The molecule has 0 aliphatic heterocycles. The third kappa shape index (κ3) is 7.80. The number of azo groups is 1. The van der Waals surface area contributed by atoms with E-state index in [0.717, 1.165) is 17.7 Å². The Hall–Kier alpha value is 0.783. The molecule has 0 fully saturated rings. The van der Waals surface area contributed by atoms with Gasteiger partial charge in [0.05, 0.1) is 16.4 Å². The van der Waals surface area contributed by atoms with Crippen LogP contribution in [0.3, 0.4) is 0 Å². The number of hydrazine groups is 1. The Labute approximate surface area is 253 Å². The standard InChI is InChI=1S/C16H16ClN3O5S.2K/c1-3-18-20(19-14-8-11(17)5-4-10(14)2)15-7-6-12(26(23,24)25)9-13(15)16(21)22;;/h4-9H,3H2,1-2H3,(H2-,18,19,21,22,23,24,25);;/q;2*+1/p-1. The van der Waals surface area contributed by atoms with E-state index in [1.807, 2.05) is 6.92 Å². The molecule has 28 heavy (non-hydrogen) atoms. The van der Waals surface area contributed by atoms with Crippen molar-refractivity contribution in [2.45, 2.75) is 18.7 Å². The molecule has 0 bridgehead atoms. The zero-order valence-corrected chi connectivity index (χ0v) is 23.7. The molecule has 2 rings (SSSR count). The summed E-state index contributed by atoms with van der Waals surface area (Å²) in [5, 5.41) is 16.1. The largest absolute Gasteiger partial charge is 1.00 e. The summed E-state index contributed by atoms with van der Waals surface area (Å²) in [6.45, 7) is 3.84. The van der Waals surface area contributed by atoms with Gasteiger partial charge in [-0.25, -0.2) is 8.42 Å². The number of benzene rings is 2. The van der Waals surface area contributed by atoms with E-state index in [4.69, 9.17) is 11.6 Å². The maximum Gasteiger partial charge on any atom is 1.00 e. The summed E-state index contributed by atoms with van der Waals surface area (Å²) in [4.78, 5) is 12.0. The predicted molar refractivity (Wildman–Crippen MR) is 91.4 cm³/mol. The summed E-state index contributed by atoms with van der Waals surface area (Å²) in [5.41, 5.74) is 3.83. The van der Waals surface area contributed by atoms with Gasteiger partial charge in [-0.05, 0) is 48.8 Å². The molecule has 1 N–H and O–H groups in total. The molecule has 12 heteroatoms. The van der Waals surface area contributed by atoms with Gasteiger partial charge in [0, 0.05) is 15.9 Å². The van der Waals surface area contributed by atoms with Gasteiger partial charge in [-0.3, -0.25) is 0 Å². The zero-order chi connectivity index (χ0) is 19.5. The first-order chi connectivity index (χ1) is 12.1. The van der Waals surface area contributed by atoms with Crippen LogP contribution in [-0.2, 0) is 10.1 Å². The molecule has 138 valence electrons. The van der Waals surface area contributed by atoms with E-state index in [2.05, 4.69) is 10.5 Å². The van der Waals surface area contributed by atoms with Gasteiger partial charge in [-0.1, -0.05) is 17.7 Å². The molecular weight excluding hydrogens is 460 g/mol. The maximum atomic E-state index is 11.5. The Kier molecular flexibility index (Phi) is 12.9. The molecule has 0 unspecified atom stereocenters. The van der Waals surface area contributed by atoms with E-state index >= 15 is 0 Å². The number of carbonyl (C=O) groups is 1. The number of hydrogen-bond acceptors (Lipinski definition) is 6. The van der Waals surface area contributed by atoms with Crippen LogP contribution in [0.5, 0.6) is 0 Å². The second kappa shape index (κ2) is 12.6. The zero-order valence-electron chi connectivity index (χ0n) is 15.9. The van der Waals surface area contributed by atoms with Crippen LogP contribution in [0.2, 0.25) is 5.02 Å². The summed E-state index contributed by atoms with van der Waals surface area (Å²) in [6.07, 6.45) is 0. The fraction of sp³-hybridized carbons (Fsp3) is 0.188. The van der Waals surface area contributed by atoms with Crippen LogP contribution in [0.25, 0.3) is 0 Å². The van der Waals surface area contributed by atoms with Crippen LogP contribution in [0.15, 0.2) is 46.4 Å². The van der Waals surface area contributed by atoms with Crippen molar-refractivity contribution in [2.24, 2.45) is 5.11 Å². The van der Waals surface area contributed by atoms with Crippen LogP contribution in [-0.4, -0.2) is 30.3 Å². The molecule has 0 aliphatic carbocycles. The molecule has 2 aromatic rings. The fourth-order valence-corrected chi connectivity index (χ4v) is 2.83. The molecule has 0 atom stereocenters. The summed E-state index contributed by atoms with van der Waals surface area (Å²) in [6, 6.07) is 8.02. The third-order valence-corrected chi connectivity index (χ3v) is 4.48. The van der Waals surface area contributed by atoms with Crippen LogP contribution < -0.4 is 113 Å². The van der Waals surface area contributed by atoms with Crippen molar-refractivity contribution in [1.29, 1.82) is 0 Å². The number of anilines is 1. The van der Waals surface area contributed by atoms with E-state index in [9.17, 15) is 22.9 Å². The SMILES string of the molecule is CCN=[N+](Nc1cc(Cl)ccc1C)c1ccc(S(=O)(=O)[O-])cc1C(=O)[O-].[K+].[K+]. The summed E-state index contributed by atoms with van der Waals surface area (Å²) in [5.74, 6) is -1.65. The summed E-state index contributed by atoms with van der Waals surface area (Å²) < 4.78 is 33.5. The third-order valence-electron chi connectivity index (χ3n) is 3.41. The number of aryl methyl sites for hydroxylation is 1. The van der Waals surface area contributed by atoms with Crippen LogP contribution in [0.4, 0.5) is 11.4 Å². The number of carboxylic acid groups (broad SMARTS) is 1. The average Bonchev–Trinajstić information content (AvgIpc) is 2.56. The average molecular weight is 475 g/mol. The van der Waals surface area contributed by atoms with Crippen molar-refractivity contribution in [2.75, 3.05) is 12.0 Å². The maximum absolute atomic E-state index is 11.5. The molecular formula is C16H15ClK2N3O5S+. The second-order valence-corrected chi connectivity index (χ2v) is 7.08. The Morgan fingerprint density at radius 1 is 1.21 bits per heavy atom. The monoisotopic (exact) mass is 474 g/mol. The molecule has 0 saturated heterocycles. The van der Waals surface area contributed by atoms with Gasteiger partial charge in [-0.2, -0.15) is 0 Å². The minimum atomic E-state index is -4.81. The predicted octanol–water partition coefficient (Wildman–Crippen LogP) is -3.93. The van der Waals surface area contributed by atoms with Crippen molar-refractivity contribution >= 4 is 39.1 Å². The van der Waals surface area contributed by atoms with E-state index in [-0.39, 0.29) is 108 Å². The molecule has 0 heterocycles. The van der Waals surface area contributed by atoms with Gasteiger partial charge in [-0.15, -0.1) is 5.43 Å². The number of aromatic carboxylic acids is 1. The molecule has 0 aromatic heterocycles. The van der Waals surface area contributed by atoms with Gasteiger partial charge in [0.1, 0.15) is 22.4 Å². The van der Waals surface area contributed by atoms with Gasteiger partial charge in [0.15, 0.2) is 0 Å². The van der Waals surface area contributed by atoms with Crippen molar-refractivity contribution < 1.29 is 130 Å². The number of halogens is 1. The van der Waals surface area contributed by atoms with Crippen molar-refractivity contribution in [3.63, 3.8) is 0 Å². The minimum absolute atomic E-state index is 0. The number of carbonyl (C=O) groups excluding carboxylic acids is 1. The molecule has 0 amide bonds. The quantitative estimate of drug-likeness (QED) is 0.150. The molecule has 8 nitrogen and oxygen atoms in total. The van der Waals surface area contributed by atoms with Crippen LogP contribution in [0, 0.1) is 6.92 Å². The molecule has 0 radical (unpaired) electrons. The van der Waals surface area contributed by atoms with E-state index in [1.54, 1.807) is 25.1 Å². The Morgan fingerprint density at radius 3 is 2.39 bits per heavy atom. The van der Waals surface area contributed by atoms with Gasteiger partial charge < -0.3 is 14.5 Å². The van der Waals surface area contributed by atoms with Crippen LogP contribution >= 0.6 is 11.6 Å². The first kappa shape index (κ1) is 28.8. The van der Waals surface area contributed by atoms with E-state index < -0.39 is 26.5 Å².